The molecule has 1 rings (SSSR count). The summed E-state index contributed by atoms with van der Waals surface area (Å²) in [5.74, 6) is -0.0787. The van der Waals surface area contributed by atoms with Gasteiger partial charge in [-0.15, -0.1) is 0 Å². The Hall–Kier alpha value is -0.530. The first-order valence-electron chi connectivity index (χ1n) is 2.32. The molecule has 40 valence electrons. The first-order chi connectivity index (χ1) is 3.10. The van der Waals surface area contributed by atoms with Crippen LogP contribution in [0, 0.1) is 0 Å². The summed E-state index contributed by atoms with van der Waals surface area (Å²) in [7, 11) is 0. The van der Waals surface area contributed by atoms with Crippen LogP contribution >= 0.6 is 0 Å². The lowest BCUT2D eigenvalue weighted by Crippen LogP contribution is -2.41. The van der Waals surface area contributed by atoms with E-state index in [0.717, 1.165) is 0 Å². The maximum Gasteiger partial charge on any atom is 0.310 e. The van der Waals surface area contributed by atoms with E-state index < -0.39 is 0 Å². The molecule has 0 spiro atoms. The molecular weight excluding hydrogens is 92.1 g/mol. The minimum absolute atomic E-state index is 0.0787. The third-order valence-electron chi connectivity index (χ3n) is 0.960. The van der Waals surface area contributed by atoms with Crippen molar-refractivity contribution in [1.82, 2.24) is 0 Å². The number of carbonyl (C=O) groups excluding carboxylic acids is 1. The van der Waals surface area contributed by atoms with Crippen molar-refractivity contribution in [2.45, 2.75) is 25.9 Å². The standard InChI is InChI=1S/C5H8O2/c1-5(2)3-4(6)7-5/h3H2,1-2H3. The van der Waals surface area contributed by atoms with Crippen LogP contribution in [0.4, 0.5) is 0 Å². The molecule has 0 radical (unpaired) electrons. The predicted molar refractivity (Wildman–Crippen MR) is 24.8 cm³/mol. The predicted octanol–water partition coefficient (Wildman–Crippen LogP) is 0.712. The zero-order valence-electron chi connectivity index (χ0n) is 4.52. The van der Waals surface area contributed by atoms with Crippen molar-refractivity contribution in [1.29, 1.82) is 0 Å². The van der Waals surface area contributed by atoms with Crippen molar-refractivity contribution < 1.29 is 9.53 Å². The van der Waals surface area contributed by atoms with Crippen LogP contribution in [-0.2, 0) is 9.53 Å². The molecule has 1 aliphatic heterocycles. The van der Waals surface area contributed by atoms with Crippen LogP contribution in [0.5, 0.6) is 0 Å². The number of esters is 1. The van der Waals surface area contributed by atoms with Gasteiger partial charge in [-0.1, -0.05) is 0 Å². The van der Waals surface area contributed by atoms with Gasteiger partial charge in [-0.05, 0) is 13.8 Å². The molecule has 0 amide bonds. The molecule has 0 N–H and O–H groups in total. The molecule has 1 aliphatic rings. The lowest BCUT2D eigenvalue weighted by atomic mass is 10.0. The highest BCUT2D eigenvalue weighted by atomic mass is 16.6. The van der Waals surface area contributed by atoms with Crippen molar-refractivity contribution in [3.8, 4) is 0 Å². The van der Waals surface area contributed by atoms with E-state index in [9.17, 15) is 4.79 Å². The van der Waals surface area contributed by atoms with E-state index >= 15 is 0 Å². The average molecular weight is 100 g/mol. The second-order valence-corrected chi connectivity index (χ2v) is 2.41. The van der Waals surface area contributed by atoms with Crippen molar-refractivity contribution in [3.63, 3.8) is 0 Å². The second-order valence-electron chi connectivity index (χ2n) is 2.41. The first-order valence-corrected chi connectivity index (χ1v) is 2.32. The Morgan fingerprint density at radius 1 is 1.71 bits per heavy atom. The summed E-state index contributed by atoms with van der Waals surface area (Å²) < 4.78 is 4.69. The summed E-state index contributed by atoms with van der Waals surface area (Å²) >= 11 is 0. The molecule has 0 unspecified atom stereocenters. The van der Waals surface area contributed by atoms with Crippen molar-refractivity contribution in [2.75, 3.05) is 0 Å². The molecule has 0 saturated carbocycles. The van der Waals surface area contributed by atoms with Crippen molar-refractivity contribution in [2.24, 2.45) is 0 Å². The van der Waals surface area contributed by atoms with E-state index in [0.29, 0.717) is 6.42 Å². The van der Waals surface area contributed by atoms with Gasteiger partial charge in [0.05, 0.1) is 6.42 Å². The van der Waals surface area contributed by atoms with Crippen molar-refractivity contribution in [3.05, 3.63) is 0 Å². The zero-order chi connectivity index (χ0) is 5.49. The van der Waals surface area contributed by atoms with Crippen LogP contribution in [-0.4, -0.2) is 11.6 Å². The molecule has 2 heteroatoms. The van der Waals surface area contributed by atoms with Crippen LogP contribution in [0.1, 0.15) is 20.3 Å². The van der Waals surface area contributed by atoms with E-state index in [2.05, 4.69) is 4.74 Å². The van der Waals surface area contributed by atoms with Gasteiger partial charge < -0.3 is 4.74 Å². The lowest BCUT2D eigenvalue weighted by molar-refractivity contribution is -0.184. The number of hydrogen-bond acceptors (Lipinski definition) is 2. The van der Waals surface area contributed by atoms with Gasteiger partial charge >= 0.3 is 5.97 Å². The monoisotopic (exact) mass is 100 g/mol. The van der Waals surface area contributed by atoms with Crippen LogP contribution in [0.3, 0.4) is 0 Å². The van der Waals surface area contributed by atoms with Gasteiger partial charge in [-0.3, -0.25) is 4.79 Å². The van der Waals surface area contributed by atoms with E-state index in [1.54, 1.807) is 0 Å². The molecule has 0 aliphatic carbocycles. The van der Waals surface area contributed by atoms with Gasteiger partial charge in [0.25, 0.3) is 0 Å². The molecule has 0 aromatic carbocycles. The zero-order valence-corrected chi connectivity index (χ0v) is 4.52. The Morgan fingerprint density at radius 3 is 2.14 bits per heavy atom. The number of ether oxygens (including phenoxy) is 1. The van der Waals surface area contributed by atoms with Crippen LogP contribution in [0.2, 0.25) is 0 Å². The van der Waals surface area contributed by atoms with E-state index in [4.69, 9.17) is 0 Å². The molecular formula is C5H8O2. The average Bonchev–Trinajstić information content (AvgIpc) is 1.27. The summed E-state index contributed by atoms with van der Waals surface area (Å²) in [4.78, 5) is 10.1. The summed E-state index contributed by atoms with van der Waals surface area (Å²) in [6, 6.07) is 0. The lowest BCUT2D eigenvalue weighted by Gasteiger charge is -2.32. The second kappa shape index (κ2) is 0.997. The minimum Gasteiger partial charge on any atom is -0.459 e. The Bertz CT molecular complexity index is 94.6. The number of carbonyl (C=O) groups is 1. The van der Waals surface area contributed by atoms with Gasteiger partial charge in [0.2, 0.25) is 0 Å². The number of hydrogen-bond donors (Lipinski definition) is 0. The van der Waals surface area contributed by atoms with Crippen molar-refractivity contribution >= 4 is 5.97 Å². The highest BCUT2D eigenvalue weighted by Crippen LogP contribution is 2.25. The Kier molecular flexibility index (Phi) is 0.659. The topological polar surface area (TPSA) is 26.3 Å². The molecule has 0 atom stereocenters. The van der Waals surface area contributed by atoms with Gasteiger partial charge in [-0.2, -0.15) is 0 Å². The van der Waals surface area contributed by atoms with Crippen LogP contribution in [0.25, 0.3) is 0 Å². The van der Waals surface area contributed by atoms with E-state index in [1.807, 2.05) is 13.8 Å². The highest BCUT2D eigenvalue weighted by Gasteiger charge is 2.36. The summed E-state index contributed by atoms with van der Waals surface area (Å²) in [5, 5.41) is 0. The van der Waals surface area contributed by atoms with E-state index in [-0.39, 0.29) is 11.6 Å². The Labute approximate surface area is 42.5 Å². The largest absolute Gasteiger partial charge is 0.459 e. The maximum atomic E-state index is 10.1. The fourth-order valence-corrected chi connectivity index (χ4v) is 0.647. The van der Waals surface area contributed by atoms with Crippen LogP contribution in [0.15, 0.2) is 0 Å². The quantitative estimate of drug-likeness (QED) is 0.419. The molecule has 0 aromatic rings. The minimum atomic E-state index is -0.156. The molecule has 1 heterocycles. The van der Waals surface area contributed by atoms with E-state index in [1.165, 1.54) is 0 Å². The smallest absolute Gasteiger partial charge is 0.310 e. The third-order valence-corrected chi connectivity index (χ3v) is 0.960. The SMILES string of the molecule is CC1(C)CC(=O)O1. The normalized spacial score (nSPS) is 25.7. The van der Waals surface area contributed by atoms with Gasteiger partial charge in [0, 0.05) is 0 Å². The summed E-state index contributed by atoms with van der Waals surface area (Å²) in [5.41, 5.74) is -0.156. The number of rotatable bonds is 0. The summed E-state index contributed by atoms with van der Waals surface area (Å²) in [6.45, 7) is 3.79. The molecule has 2 nitrogen and oxygen atoms in total. The molecule has 1 fully saturated rings. The third kappa shape index (κ3) is 0.734. The molecule has 7 heavy (non-hydrogen) atoms. The number of cyclic esters (lactones) is 1. The Morgan fingerprint density at radius 2 is 2.14 bits per heavy atom. The molecule has 1 saturated heterocycles. The highest BCUT2D eigenvalue weighted by molar-refractivity contribution is 5.76. The fourth-order valence-electron chi connectivity index (χ4n) is 0.647. The Balaban J connectivity index is 2.43. The molecule has 0 aromatic heterocycles. The van der Waals surface area contributed by atoms with Gasteiger partial charge in [0.1, 0.15) is 5.60 Å². The maximum absolute atomic E-state index is 10.1. The van der Waals surface area contributed by atoms with Gasteiger partial charge in [0.15, 0.2) is 0 Å². The molecule has 0 bridgehead atoms. The first kappa shape index (κ1) is 4.62. The summed E-state index contributed by atoms with van der Waals surface area (Å²) in [6.07, 6.45) is 0.576. The van der Waals surface area contributed by atoms with Crippen LogP contribution < -0.4 is 0 Å². The fraction of sp³-hybridized carbons (Fsp3) is 0.800. The van der Waals surface area contributed by atoms with Gasteiger partial charge in [-0.25, -0.2) is 0 Å².